The highest BCUT2D eigenvalue weighted by molar-refractivity contribution is 7.12. The Kier molecular flexibility index (Phi) is 5.13. The molecule has 1 saturated heterocycles. The van der Waals surface area contributed by atoms with E-state index in [1.165, 1.54) is 11.3 Å². The fraction of sp³-hybridized carbons (Fsp3) is 0.250. The van der Waals surface area contributed by atoms with Crippen molar-refractivity contribution in [1.29, 1.82) is 0 Å². The lowest BCUT2D eigenvalue weighted by Crippen LogP contribution is -2.49. The number of nitrogens with zero attached hydrogens (tertiary/aromatic N) is 3. The van der Waals surface area contributed by atoms with Gasteiger partial charge in [-0.2, -0.15) is 0 Å². The average Bonchev–Trinajstić information content (AvgIpc) is 3.41. The second-order valence-electron chi connectivity index (χ2n) is 6.36. The quantitative estimate of drug-likeness (QED) is 0.636. The standard InChI is InChI=1S/C20H19N3O3S/c24-16(18-7-4-12-27-18)14-22-8-10-23(11-9-22)20(25)19-21-13-17(26-19)15-5-2-1-3-6-15/h1-7,12-13H,8-11,14H2. The maximum atomic E-state index is 12.6. The molecule has 0 spiro atoms. The van der Waals surface area contributed by atoms with Gasteiger partial charge in [0.15, 0.2) is 11.5 Å². The molecular weight excluding hydrogens is 362 g/mol. The summed E-state index contributed by atoms with van der Waals surface area (Å²) in [6.07, 6.45) is 1.58. The van der Waals surface area contributed by atoms with Crippen molar-refractivity contribution in [3.63, 3.8) is 0 Å². The zero-order chi connectivity index (χ0) is 18.6. The van der Waals surface area contributed by atoms with Gasteiger partial charge in [-0.1, -0.05) is 36.4 Å². The Morgan fingerprint density at radius 1 is 1.04 bits per heavy atom. The second-order valence-corrected chi connectivity index (χ2v) is 7.31. The van der Waals surface area contributed by atoms with Crippen molar-refractivity contribution in [2.24, 2.45) is 0 Å². The van der Waals surface area contributed by atoms with Gasteiger partial charge >= 0.3 is 5.91 Å². The molecule has 1 aromatic carbocycles. The number of hydrogen-bond acceptors (Lipinski definition) is 6. The Morgan fingerprint density at radius 3 is 2.52 bits per heavy atom. The molecule has 0 N–H and O–H groups in total. The largest absolute Gasteiger partial charge is 0.432 e. The first-order chi connectivity index (χ1) is 13.2. The van der Waals surface area contributed by atoms with Gasteiger partial charge in [-0.3, -0.25) is 14.5 Å². The van der Waals surface area contributed by atoms with E-state index in [1.54, 1.807) is 11.1 Å². The molecule has 2 aromatic heterocycles. The van der Waals surface area contributed by atoms with Gasteiger partial charge in [-0.15, -0.1) is 11.3 Å². The third-order valence-electron chi connectivity index (χ3n) is 4.57. The Balaban J connectivity index is 1.34. The van der Waals surface area contributed by atoms with Gasteiger partial charge in [0.2, 0.25) is 0 Å². The third-order valence-corrected chi connectivity index (χ3v) is 5.48. The summed E-state index contributed by atoms with van der Waals surface area (Å²) in [6.45, 7) is 2.82. The first kappa shape index (κ1) is 17.6. The minimum atomic E-state index is -0.207. The van der Waals surface area contributed by atoms with E-state index in [2.05, 4.69) is 9.88 Å². The van der Waals surface area contributed by atoms with Crippen LogP contribution in [0.25, 0.3) is 11.3 Å². The highest BCUT2D eigenvalue weighted by Crippen LogP contribution is 2.21. The first-order valence-electron chi connectivity index (χ1n) is 8.80. The van der Waals surface area contributed by atoms with Crippen LogP contribution in [-0.2, 0) is 0 Å². The zero-order valence-electron chi connectivity index (χ0n) is 14.7. The fourth-order valence-electron chi connectivity index (χ4n) is 3.07. The molecule has 0 atom stereocenters. The number of rotatable bonds is 5. The van der Waals surface area contributed by atoms with Gasteiger partial charge in [0, 0.05) is 31.7 Å². The minimum Gasteiger partial charge on any atom is -0.432 e. The van der Waals surface area contributed by atoms with Crippen LogP contribution in [0.2, 0.25) is 0 Å². The van der Waals surface area contributed by atoms with Crippen molar-refractivity contribution in [3.05, 3.63) is 64.8 Å². The van der Waals surface area contributed by atoms with Crippen LogP contribution >= 0.6 is 11.3 Å². The van der Waals surface area contributed by atoms with Gasteiger partial charge in [-0.25, -0.2) is 4.98 Å². The molecule has 6 nitrogen and oxygen atoms in total. The van der Waals surface area contributed by atoms with Gasteiger partial charge < -0.3 is 9.32 Å². The number of piperazine rings is 1. The summed E-state index contributed by atoms with van der Waals surface area (Å²) in [4.78, 5) is 33.6. The van der Waals surface area contributed by atoms with Crippen LogP contribution in [0.5, 0.6) is 0 Å². The van der Waals surface area contributed by atoms with Crippen LogP contribution in [0, 0.1) is 0 Å². The van der Waals surface area contributed by atoms with E-state index in [9.17, 15) is 9.59 Å². The van der Waals surface area contributed by atoms with Gasteiger partial charge in [0.1, 0.15) is 0 Å². The van der Waals surface area contributed by atoms with E-state index < -0.39 is 0 Å². The summed E-state index contributed by atoms with van der Waals surface area (Å²) in [6, 6.07) is 13.3. The summed E-state index contributed by atoms with van der Waals surface area (Å²) in [5.74, 6) is 0.613. The maximum absolute atomic E-state index is 12.6. The number of Topliss-reactive ketones (excluding diaryl/α,β-unsaturated/α-hetero) is 1. The molecular formula is C20H19N3O3S. The number of amides is 1. The highest BCUT2D eigenvalue weighted by Gasteiger charge is 2.26. The van der Waals surface area contributed by atoms with Crippen molar-refractivity contribution >= 4 is 23.0 Å². The number of aromatic nitrogens is 1. The van der Waals surface area contributed by atoms with Crippen LogP contribution < -0.4 is 0 Å². The summed E-state index contributed by atoms with van der Waals surface area (Å²) in [5, 5.41) is 1.91. The predicted molar refractivity (Wildman–Crippen MR) is 103 cm³/mol. The van der Waals surface area contributed by atoms with Crippen LogP contribution in [0.15, 0.2) is 58.5 Å². The average molecular weight is 381 g/mol. The molecule has 0 aliphatic carbocycles. The molecule has 3 aromatic rings. The molecule has 1 amide bonds. The van der Waals surface area contributed by atoms with Crippen LogP contribution in [0.4, 0.5) is 0 Å². The molecule has 27 heavy (non-hydrogen) atoms. The number of carbonyl (C=O) groups excluding carboxylic acids is 2. The van der Waals surface area contributed by atoms with Crippen molar-refractivity contribution in [1.82, 2.24) is 14.8 Å². The SMILES string of the molecule is O=C(CN1CCN(C(=O)c2ncc(-c3ccccc3)o2)CC1)c1cccs1. The van der Waals surface area contributed by atoms with Crippen LogP contribution in [0.1, 0.15) is 20.4 Å². The lowest BCUT2D eigenvalue weighted by molar-refractivity contribution is 0.0590. The van der Waals surface area contributed by atoms with Gasteiger partial charge in [0.25, 0.3) is 5.89 Å². The Hall–Kier alpha value is -2.77. The number of ketones is 1. The summed E-state index contributed by atoms with van der Waals surface area (Å²) < 4.78 is 5.66. The second kappa shape index (κ2) is 7.85. The monoisotopic (exact) mass is 381 g/mol. The van der Waals surface area contributed by atoms with E-state index in [0.29, 0.717) is 38.5 Å². The van der Waals surface area contributed by atoms with E-state index in [4.69, 9.17) is 4.42 Å². The van der Waals surface area contributed by atoms with Crippen LogP contribution in [0.3, 0.4) is 0 Å². The molecule has 0 radical (unpaired) electrons. The molecule has 4 rings (SSSR count). The van der Waals surface area contributed by atoms with Crippen molar-refractivity contribution in [2.45, 2.75) is 0 Å². The van der Waals surface area contributed by atoms with E-state index >= 15 is 0 Å². The van der Waals surface area contributed by atoms with Gasteiger partial charge in [-0.05, 0) is 11.4 Å². The molecule has 1 fully saturated rings. The molecule has 3 heterocycles. The molecule has 0 unspecified atom stereocenters. The topological polar surface area (TPSA) is 66.7 Å². The van der Waals surface area contributed by atoms with Crippen molar-refractivity contribution in [3.8, 4) is 11.3 Å². The van der Waals surface area contributed by atoms with E-state index in [1.807, 2.05) is 47.8 Å². The molecule has 1 aliphatic heterocycles. The summed E-state index contributed by atoms with van der Waals surface area (Å²) in [5.41, 5.74) is 0.890. The van der Waals surface area contributed by atoms with Gasteiger partial charge in [0.05, 0.1) is 17.6 Å². The normalized spacial score (nSPS) is 15.0. The lowest BCUT2D eigenvalue weighted by Gasteiger charge is -2.33. The third kappa shape index (κ3) is 3.99. The molecule has 1 aliphatic rings. The molecule has 138 valence electrons. The Labute approximate surface area is 161 Å². The Bertz CT molecular complexity index is 913. The smallest absolute Gasteiger partial charge is 0.309 e. The maximum Gasteiger partial charge on any atom is 0.309 e. The highest BCUT2D eigenvalue weighted by atomic mass is 32.1. The number of hydrogen-bond donors (Lipinski definition) is 0. The van der Waals surface area contributed by atoms with E-state index in [-0.39, 0.29) is 17.6 Å². The zero-order valence-corrected chi connectivity index (χ0v) is 15.5. The predicted octanol–water partition coefficient (Wildman–Crippen LogP) is 3.04. The fourth-order valence-corrected chi connectivity index (χ4v) is 3.73. The number of carbonyl (C=O) groups is 2. The number of thiophene rings is 1. The number of oxazole rings is 1. The summed E-state index contributed by atoms with van der Waals surface area (Å²) >= 11 is 1.46. The molecule has 7 heteroatoms. The summed E-state index contributed by atoms with van der Waals surface area (Å²) in [7, 11) is 0. The van der Waals surface area contributed by atoms with Crippen LogP contribution in [-0.4, -0.2) is 59.2 Å². The van der Waals surface area contributed by atoms with Crippen molar-refractivity contribution in [2.75, 3.05) is 32.7 Å². The minimum absolute atomic E-state index is 0.108. The number of benzene rings is 1. The molecule has 0 saturated carbocycles. The van der Waals surface area contributed by atoms with Crippen molar-refractivity contribution < 1.29 is 14.0 Å². The van der Waals surface area contributed by atoms with E-state index in [0.717, 1.165) is 10.4 Å². The Morgan fingerprint density at radius 2 is 1.81 bits per heavy atom. The molecule has 0 bridgehead atoms. The lowest BCUT2D eigenvalue weighted by atomic mass is 10.2. The first-order valence-corrected chi connectivity index (χ1v) is 9.68.